The highest BCUT2D eigenvalue weighted by molar-refractivity contribution is 5.84. The Morgan fingerprint density at radius 3 is 2.78 bits per heavy atom. The summed E-state index contributed by atoms with van der Waals surface area (Å²) < 4.78 is 1.67. The number of carbonyl (C=O) groups excluding carboxylic acids is 1. The summed E-state index contributed by atoms with van der Waals surface area (Å²) in [5, 5.41) is 11.7. The fourth-order valence-electron chi connectivity index (χ4n) is 2.12. The number of hydrogen-bond donors (Lipinski definition) is 0. The number of para-hydroxylation sites is 1. The van der Waals surface area contributed by atoms with Crippen molar-refractivity contribution in [3.63, 3.8) is 0 Å². The molecule has 0 N–H and O–H groups in total. The zero-order chi connectivity index (χ0) is 12.4. The first-order valence-corrected chi connectivity index (χ1v) is 5.95. The van der Waals surface area contributed by atoms with E-state index in [1.165, 1.54) is 0 Å². The highest BCUT2D eigenvalue weighted by Crippen LogP contribution is 2.18. The molecule has 0 aliphatic carbocycles. The van der Waals surface area contributed by atoms with Gasteiger partial charge in [-0.25, -0.2) is 0 Å². The number of piperidine rings is 1. The van der Waals surface area contributed by atoms with E-state index in [9.17, 15) is 4.79 Å². The molecule has 0 atom stereocenters. The Bertz CT molecular complexity index is 551. The zero-order valence-corrected chi connectivity index (χ0v) is 9.86. The molecule has 3 rings (SSSR count). The predicted octanol–water partition coefficient (Wildman–Crippen LogP) is 0.832. The Balaban J connectivity index is 1.94. The highest BCUT2D eigenvalue weighted by Gasteiger charge is 2.22. The Hall–Kier alpha value is -2.24. The molecule has 1 aliphatic heterocycles. The number of Topliss-reactive ketones (excluding diaryl/α,β-unsaturated/α-hetero) is 1. The van der Waals surface area contributed by atoms with Gasteiger partial charge in [0.25, 0.3) is 5.95 Å². The van der Waals surface area contributed by atoms with Crippen LogP contribution in [0.4, 0.5) is 5.95 Å². The minimum Gasteiger partial charge on any atom is -0.332 e. The summed E-state index contributed by atoms with van der Waals surface area (Å²) >= 11 is 0. The average Bonchev–Trinajstić information content (AvgIpc) is 2.89. The number of tetrazole rings is 1. The second kappa shape index (κ2) is 4.56. The van der Waals surface area contributed by atoms with Crippen LogP contribution in [0, 0.1) is 0 Å². The third kappa shape index (κ3) is 1.97. The second-order valence-electron chi connectivity index (χ2n) is 4.29. The van der Waals surface area contributed by atoms with Gasteiger partial charge in [0.1, 0.15) is 0 Å². The third-order valence-corrected chi connectivity index (χ3v) is 2.99. The smallest absolute Gasteiger partial charge is 0.250 e. The Labute approximate surface area is 104 Å². The number of nitrogens with zero attached hydrogens (tertiary/aromatic N) is 5. The van der Waals surface area contributed by atoms with Gasteiger partial charge in [-0.15, -0.1) is 0 Å². The van der Waals surface area contributed by atoms with Crippen molar-refractivity contribution in [2.75, 3.05) is 18.0 Å². The van der Waals surface area contributed by atoms with Crippen LogP contribution >= 0.6 is 0 Å². The number of carbonyl (C=O) groups is 1. The predicted molar refractivity (Wildman–Crippen MR) is 65.6 cm³/mol. The average molecular weight is 243 g/mol. The normalized spacial score (nSPS) is 16.0. The second-order valence-corrected chi connectivity index (χ2v) is 4.29. The van der Waals surface area contributed by atoms with Crippen LogP contribution in [0.5, 0.6) is 0 Å². The highest BCUT2D eigenvalue weighted by atomic mass is 16.1. The minimum atomic E-state index is 0.240. The van der Waals surface area contributed by atoms with Crippen LogP contribution in [-0.4, -0.2) is 39.1 Å². The molecule has 0 bridgehead atoms. The van der Waals surface area contributed by atoms with Crippen molar-refractivity contribution in [1.82, 2.24) is 20.2 Å². The summed E-state index contributed by atoms with van der Waals surface area (Å²) in [6.45, 7) is 1.21. The molecule has 1 aromatic heterocycles. The molecule has 2 heterocycles. The van der Waals surface area contributed by atoms with Crippen molar-refractivity contribution in [1.29, 1.82) is 0 Å². The van der Waals surface area contributed by atoms with Gasteiger partial charge >= 0.3 is 0 Å². The molecule has 0 radical (unpaired) electrons. The number of anilines is 1. The monoisotopic (exact) mass is 243 g/mol. The van der Waals surface area contributed by atoms with E-state index in [0.717, 1.165) is 18.7 Å². The minimum absolute atomic E-state index is 0.240. The van der Waals surface area contributed by atoms with Crippen LogP contribution in [0.15, 0.2) is 30.3 Å². The number of hydrogen-bond acceptors (Lipinski definition) is 5. The Morgan fingerprint density at radius 2 is 2.00 bits per heavy atom. The summed E-state index contributed by atoms with van der Waals surface area (Å²) in [5.41, 5.74) is 0.899. The van der Waals surface area contributed by atoms with Crippen molar-refractivity contribution in [2.24, 2.45) is 0 Å². The summed E-state index contributed by atoms with van der Waals surface area (Å²) in [6, 6.07) is 9.68. The van der Waals surface area contributed by atoms with Gasteiger partial charge in [0, 0.05) is 13.0 Å². The molecular weight excluding hydrogens is 230 g/mol. The lowest BCUT2D eigenvalue weighted by Gasteiger charge is -2.25. The van der Waals surface area contributed by atoms with Crippen molar-refractivity contribution in [3.05, 3.63) is 30.3 Å². The largest absolute Gasteiger partial charge is 0.332 e. The zero-order valence-electron chi connectivity index (χ0n) is 9.86. The van der Waals surface area contributed by atoms with Gasteiger partial charge in [-0.3, -0.25) is 4.79 Å². The summed E-state index contributed by atoms with van der Waals surface area (Å²) in [5.74, 6) is 0.873. The van der Waals surface area contributed by atoms with E-state index in [0.29, 0.717) is 18.9 Å². The first-order chi connectivity index (χ1) is 8.84. The topological polar surface area (TPSA) is 63.9 Å². The maximum absolute atomic E-state index is 11.5. The van der Waals surface area contributed by atoms with E-state index in [2.05, 4.69) is 15.5 Å². The molecule has 18 heavy (non-hydrogen) atoms. The number of benzene rings is 1. The van der Waals surface area contributed by atoms with E-state index >= 15 is 0 Å². The van der Waals surface area contributed by atoms with Gasteiger partial charge in [0.2, 0.25) is 0 Å². The number of aromatic nitrogens is 4. The Kier molecular flexibility index (Phi) is 2.76. The number of rotatable bonds is 2. The molecule has 1 saturated heterocycles. The summed E-state index contributed by atoms with van der Waals surface area (Å²) in [6.07, 6.45) is 1.52. The first-order valence-electron chi connectivity index (χ1n) is 5.95. The quantitative estimate of drug-likeness (QED) is 0.781. The molecule has 6 heteroatoms. The van der Waals surface area contributed by atoms with Gasteiger partial charge in [0.05, 0.1) is 12.2 Å². The van der Waals surface area contributed by atoms with Gasteiger partial charge in [-0.1, -0.05) is 23.3 Å². The molecule has 1 fully saturated rings. The number of ketones is 1. The van der Waals surface area contributed by atoms with Crippen LogP contribution in [-0.2, 0) is 4.79 Å². The molecule has 6 nitrogen and oxygen atoms in total. The van der Waals surface area contributed by atoms with Crippen LogP contribution in [0.1, 0.15) is 12.8 Å². The lowest BCUT2D eigenvalue weighted by Crippen LogP contribution is -2.37. The van der Waals surface area contributed by atoms with Gasteiger partial charge in [-0.2, -0.15) is 4.68 Å². The van der Waals surface area contributed by atoms with Gasteiger partial charge in [-0.05, 0) is 29.0 Å². The fraction of sp³-hybridized carbons (Fsp3) is 0.333. The van der Waals surface area contributed by atoms with Crippen LogP contribution in [0.3, 0.4) is 0 Å². The van der Waals surface area contributed by atoms with E-state index in [1.807, 2.05) is 35.2 Å². The molecule has 0 spiro atoms. The SMILES string of the molecule is O=C1CCCN(c2nnnn2-c2ccccc2)C1. The lowest BCUT2D eigenvalue weighted by atomic mass is 10.1. The fourth-order valence-corrected chi connectivity index (χ4v) is 2.12. The van der Waals surface area contributed by atoms with Gasteiger partial charge in [0.15, 0.2) is 5.78 Å². The lowest BCUT2D eigenvalue weighted by molar-refractivity contribution is -0.118. The van der Waals surface area contributed by atoms with E-state index in [4.69, 9.17) is 0 Å². The molecule has 2 aromatic rings. The van der Waals surface area contributed by atoms with Crippen molar-refractivity contribution in [2.45, 2.75) is 12.8 Å². The van der Waals surface area contributed by atoms with Crippen molar-refractivity contribution < 1.29 is 4.79 Å². The van der Waals surface area contributed by atoms with Gasteiger partial charge < -0.3 is 4.90 Å². The molecule has 1 aromatic carbocycles. The summed E-state index contributed by atoms with van der Waals surface area (Å²) in [4.78, 5) is 13.4. The van der Waals surface area contributed by atoms with E-state index in [1.54, 1.807) is 4.68 Å². The van der Waals surface area contributed by atoms with Crippen LogP contribution < -0.4 is 4.90 Å². The standard InChI is InChI=1S/C12H13N5O/c18-11-7-4-8-16(9-11)12-13-14-15-17(12)10-5-2-1-3-6-10/h1-3,5-6H,4,7-9H2. The maximum atomic E-state index is 11.5. The van der Waals surface area contributed by atoms with E-state index in [-0.39, 0.29) is 5.78 Å². The molecule has 0 saturated carbocycles. The Morgan fingerprint density at radius 1 is 1.17 bits per heavy atom. The maximum Gasteiger partial charge on any atom is 0.250 e. The van der Waals surface area contributed by atoms with Crippen LogP contribution in [0.25, 0.3) is 5.69 Å². The van der Waals surface area contributed by atoms with Crippen molar-refractivity contribution >= 4 is 11.7 Å². The summed E-state index contributed by atoms with van der Waals surface area (Å²) in [7, 11) is 0. The van der Waals surface area contributed by atoms with E-state index < -0.39 is 0 Å². The molecule has 0 unspecified atom stereocenters. The first kappa shape index (κ1) is 10.9. The third-order valence-electron chi connectivity index (χ3n) is 2.99. The van der Waals surface area contributed by atoms with Crippen LogP contribution in [0.2, 0.25) is 0 Å². The molecular formula is C12H13N5O. The van der Waals surface area contributed by atoms with Crippen molar-refractivity contribution in [3.8, 4) is 5.69 Å². The molecule has 0 amide bonds. The molecule has 92 valence electrons. The molecule has 1 aliphatic rings.